The van der Waals surface area contributed by atoms with Gasteiger partial charge in [-0.05, 0) is 30.9 Å². The highest BCUT2D eigenvalue weighted by Gasteiger charge is 2.24. The molecule has 0 saturated carbocycles. The number of rotatable bonds is 5. The standard InChI is InChI=1S/C20H27N5O2S/c1-16-7-9-23(10-8-16)18(26)15-28-20-22-21-19(24-11-13-27-14-12-24)25(20)17-5-3-2-4-6-17/h2-6,16H,7-15H2,1H3. The first-order valence-corrected chi connectivity index (χ1v) is 10.9. The number of thioether (sulfide) groups is 1. The molecule has 3 heterocycles. The maximum atomic E-state index is 12.7. The van der Waals surface area contributed by atoms with Gasteiger partial charge in [0.05, 0.1) is 24.7 Å². The van der Waals surface area contributed by atoms with Crippen LogP contribution in [0.1, 0.15) is 19.8 Å². The van der Waals surface area contributed by atoms with E-state index in [9.17, 15) is 4.79 Å². The fourth-order valence-corrected chi connectivity index (χ4v) is 4.45. The lowest BCUT2D eigenvalue weighted by molar-refractivity contribution is -0.129. The molecule has 1 amide bonds. The minimum Gasteiger partial charge on any atom is -0.378 e. The van der Waals surface area contributed by atoms with E-state index >= 15 is 0 Å². The average Bonchev–Trinajstić information content (AvgIpc) is 3.18. The van der Waals surface area contributed by atoms with Gasteiger partial charge in [0.1, 0.15) is 0 Å². The third-order valence-corrected chi connectivity index (χ3v) is 6.30. The molecule has 2 aliphatic rings. The number of hydrogen-bond donors (Lipinski definition) is 0. The zero-order valence-electron chi connectivity index (χ0n) is 16.3. The van der Waals surface area contributed by atoms with Crippen LogP contribution in [0.5, 0.6) is 0 Å². The van der Waals surface area contributed by atoms with Gasteiger partial charge in [-0.15, -0.1) is 10.2 Å². The van der Waals surface area contributed by atoms with Crippen LogP contribution in [0.3, 0.4) is 0 Å². The van der Waals surface area contributed by atoms with Crippen LogP contribution in [-0.2, 0) is 9.53 Å². The fourth-order valence-electron chi connectivity index (χ4n) is 3.60. The summed E-state index contributed by atoms with van der Waals surface area (Å²) in [5.41, 5.74) is 1.01. The lowest BCUT2D eigenvalue weighted by atomic mass is 9.99. The van der Waals surface area contributed by atoms with E-state index in [0.29, 0.717) is 24.9 Å². The Morgan fingerprint density at radius 1 is 1.11 bits per heavy atom. The lowest BCUT2D eigenvalue weighted by Gasteiger charge is -2.30. The van der Waals surface area contributed by atoms with Crippen LogP contribution in [0, 0.1) is 5.92 Å². The van der Waals surface area contributed by atoms with Crippen molar-refractivity contribution in [3.63, 3.8) is 0 Å². The number of benzene rings is 1. The Kier molecular flexibility index (Phi) is 6.17. The van der Waals surface area contributed by atoms with Crippen LogP contribution < -0.4 is 4.90 Å². The first-order valence-electron chi connectivity index (χ1n) is 9.96. The second-order valence-corrected chi connectivity index (χ2v) is 8.35. The summed E-state index contributed by atoms with van der Waals surface area (Å²) in [5, 5.41) is 9.63. The Labute approximate surface area is 170 Å². The van der Waals surface area contributed by atoms with Crippen molar-refractivity contribution in [1.29, 1.82) is 0 Å². The molecule has 2 aliphatic heterocycles. The van der Waals surface area contributed by atoms with E-state index in [1.807, 2.05) is 35.2 Å². The molecular weight excluding hydrogens is 374 g/mol. The summed E-state index contributed by atoms with van der Waals surface area (Å²) in [5.74, 6) is 2.11. The number of ether oxygens (including phenoxy) is 1. The summed E-state index contributed by atoms with van der Waals surface area (Å²) < 4.78 is 7.53. The van der Waals surface area contributed by atoms with Crippen molar-refractivity contribution in [3.05, 3.63) is 30.3 Å². The van der Waals surface area contributed by atoms with E-state index < -0.39 is 0 Å². The van der Waals surface area contributed by atoms with Gasteiger partial charge in [-0.3, -0.25) is 9.36 Å². The molecule has 2 aromatic rings. The van der Waals surface area contributed by atoms with Crippen LogP contribution >= 0.6 is 11.8 Å². The fraction of sp³-hybridized carbons (Fsp3) is 0.550. The first kappa shape index (κ1) is 19.3. The number of para-hydroxylation sites is 1. The SMILES string of the molecule is CC1CCN(C(=O)CSc2nnc(N3CCOCC3)n2-c2ccccc2)CC1. The molecule has 0 bridgehead atoms. The van der Waals surface area contributed by atoms with Crippen molar-refractivity contribution >= 4 is 23.6 Å². The van der Waals surface area contributed by atoms with Crippen molar-refractivity contribution in [2.75, 3.05) is 50.0 Å². The summed E-state index contributed by atoms with van der Waals surface area (Å²) in [7, 11) is 0. The van der Waals surface area contributed by atoms with E-state index in [0.717, 1.165) is 55.8 Å². The molecule has 1 aromatic heterocycles. The van der Waals surface area contributed by atoms with Crippen LogP contribution in [0.2, 0.25) is 0 Å². The minimum atomic E-state index is 0.187. The Balaban J connectivity index is 1.51. The molecule has 2 fully saturated rings. The number of piperidine rings is 1. The molecule has 0 unspecified atom stereocenters. The molecule has 1 aromatic carbocycles. The van der Waals surface area contributed by atoms with E-state index in [4.69, 9.17) is 4.74 Å². The highest BCUT2D eigenvalue weighted by molar-refractivity contribution is 7.99. The number of hydrogen-bond acceptors (Lipinski definition) is 6. The third kappa shape index (κ3) is 4.33. The molecule has 7 nitrogen and oxygen atoms in total. The number of anilines is 1. The Morgan fingerprint density at radius 2 is 1.82 bits per heavy atom. The van der Waals surface area contributed by atoms with Gasteiger partial charge in [0.15, 0.2) is 5.16 Å². The van der Waals surface area contributed by atoms with Crippen molar-refractivity contribution in [2.45, 2.75) is 24.9 Å². The molecule has 0 radical (unpaired) electrons. The number of carbonyl (C=O) groups is 1. The lowest BCUT2D eigenvalue weighted by Crippen LogP contribution is -2.39. The maximum absolute atomic E-state index is 12.7. The van der Waals surface area contributed by atoms with Crippen molar-refractivity contribution in [3.8, 4) is 5.69 Å². The molecule has 0 spiro atoms. The summed E-state index contributed by atoms with van der Waals surface area (Å²) in [6.45, 7) is 6.95. The van der Waals surface area contributed by atoms with Gasteiger partial charge >= 0.3 is 0 Å². The molecular formula is C20H27N5O2S. The number of amides is 1. The smallest absolute Gasteiger partial charge is 0.233 e. The quantitative estimate of drug-likeness (QED) is 0.717. The van der Waals surface area contributed by atoms with Crippen LogP contribution in [-0.4, -0.2) is 70.7 Å². The number of likely N-dealkylation sites (tertiary alicyclic amines) is 1. The highest BCUT2D eigenvalue weighted by Crippen LogP contribution is 2.27. The minimum absolute atomic E-state index is 0.187. The molecule has 150 valence electrons. The van der Waals surface area contributed by atoms with E-state index in [1.54, 1.807) is 0 Å². The van der Waals surface area contributed by atoms with E-state index in [1.165, 1.54) is 11.8 Å². The van der Waals surface area contributed by atoms with Gasteiger partial charge in [-0.2, -0.15) is 0 Å². The zero-order chi connectivity index (χ0) is 19.3. The number of carbonyl (C=O) groups excluding carboxylic acids is 1. The molecule has 2 saturated heterocycles. The van der Waals surface area contributed by atoms with Crippen molar-refractivity contribution in [2.24, 2.45) is 5.92 Å². The van der Waals surface area contributed by atoms with Crippen LogP contribution in [0.15, 0.2) is 35.5 Å². The highest BCUT2D eigenvalue weighted by atomic mass is 32.2. The number of aromatic nitrogens is 3. The van der Waals surface area contributed by atoms with Crippen molar-refractivity contribution in [1.82, 2.24) is 19.7 Å². The topological polar surface area (TPSA) is 63.5 Å². The average molecular weight is 402 g/mol. The van der Waals surface area contributed by atoms with Gasteiger partial charge in [0.2, 0.25) is 11.9 Å². The van der Waals surface area contributed by atoms with E-state index in [-0.39, 0.29) is 5.91 Å². The Morgan fingerprint density at radius 3 is 2.54 bits per heavy atom. The monoisotopic (exact) mass is 401 g/mol. The molecule has 0 N–H and O–H groups in total. The zero-order valence-corrected chi connectivity index (χ0v) is 17.1. The molecule has 28 heavy (non-hydrogen) atoms. The van der Waals surface area contributed by atoms with Crippen molar-refractivity contribution < 1.29 is 9.53 Å². The predicted octanol–water partition coefficient (Wildman–Crippen LogP) is 2.45. The van der Waals surface area contributed by atoms with Gasteiger partial charge in [-0.25, -0.2) is 0 Å². The van der Waals surface area contributed by atoms with Gasteiger partial charge in [-0.1, -0.05) is 36.9 Å². The second kappa shape index (κ2) is 8.96. The van der Waals surface area contributed by atoms with Gasteiger partial charge < -0.3 is 14.5 Å². The Bertz CT molecular complexity index is 783. The largest absolute Gasteiger partial charge is 0.378 e. The Hall–Kier alpha value is -2.06. The number of morpholine rings is 1. The van der Waals surface area contributed by atoms with E-state index in [2.05, 4.69) is 26.6 Å². The summed E-state index contributed by atoms with van der Waals surface area (Å²) in [4.78, 5) is 16.8. The normalized spacial score (nSPS) is 18.5. The van der Waals surface area contributed by atoms with Gasteiger partial charge in [0, 0.05) is 26.2 Å². The summed E-state index contributed by atoms with van der Waals surface area (Å²) in [6.07, 6.45) is 2.19. The second-order valence-electron chi connectivity index (χ2n) is 7.40. The molecule has 8 heteroatoms. The molecule has 4 rings (SSSR count). The number of nitrogens with zero attached hydrogens (tertiary/aromatic N) is 5. The van der Waals surface area contributed by atoms with Crippen LogP contribution in [0.4, 0.5) is 5.95 Å². The molecule has 0 atom stereocenters. The molecule has 0 aliphatic carbocycles. The first-order chi connectivity index (χ1) is 13.7. The predicted molar refractivity (Wildman–Crippen MR) is 110 cm³/mol. The summed E-state index contributed by atoms with van der Waals surface area (Å²) in [6, 6.07) is 10.1. The van der Waals surface area contributed by atoms with Crippen LogP contribution in [0.25, 0.3) is 5.69 Å². The third-order valence-electron chi connectivity index (χ3n) is 5.39. The maximum Gasteiger partial charge on any atom is 0.233 e. The van der Waals surface area contributed by atoms with Gasteiger partial charge in [0.25, 0.3) is 0 Å². The summed E-state index contributed by atoms with van der Waals surface area (Å²) >= 11 is 1.47.